The highest BCUT2D eigenvalue weighted by molar-refractivity contribution is 4.52. The van der Waals surface area contributed by atoms with Gasteiger partial charge in [0.05, 0.1) is 54.4 Å². The number of hydrogen-bond acceptors (Lipinski definition) is 0. The zero-order valence-corrected chi connectivity index (χ0v) is 30.9. The fourth-order valence-corrected chi connectivity index (χ4v) is 6.77. The monoisotopic (exact) mass is 595 g/mol. The molecule has 0 aromatic heterocycles. The van der Waals surface area contributed by atoms with E-state index >= 15 is 0 Å². The minimum Gasteiger partial charge on any atom is -0.328 e. The second kappa shape index (κ2) is 30.9. The van der Waals surface area contributed by atoms with Gasteiger partial charge in [-0.3, -0.25) is 0 Å². The SMILES string of the molecule is CCCCCCCCCCCCCCCC[N+](C)(C)CCCCCC[N+](C)(C)CCCCCCCCCCCCCC. The summed E-state index contributed by atoms with van der Waals surface area (Å²) in [4.78, 5) is 0. The number of rotatable bonds is 35. The summed E-state index contributed by atoms with van der Waals surface area (Å²) in [5, 5.41) is 0. The molecule has 0 aliphatic rings. The molecule has 0 unspecified atom stereocenters. The van der Waals surface area contributed by atoms with Gasteiger partial charge in [-0.25, -0.2) is 0 Å². The van der Waals surface area contributed by atoms with Gasteiger partial charge in [0, 0.05) is 0 Å². The van der Waals surface area contributed by atoms with Gasteiger partial charge in [-0.05, 0) is 51.4 Å². The highest BCUT2D eigenvalue weighted by Gasteiger charge is 2.15. The van der Waals surface area contributed by atoms with Crippen molar-refractivity contribution in [2.45, 2.75) is 206 Å². The topological polar surface area (TPSA) is 0 Å². The van der Waals surface area contributed by atoms with E-state index in [2.05, 4.69) is 42.0 Å². The molecule has 0 aliphatic heterocycles. The molecule has 0 saturated heterocycles. The van der Waals surface area contributed by atoms with Crippen LogP contribution in [0.2, 0.25) is 0 Å². The molecule has 42 heavy (non-hydrogen) atoms. The predicted octanol–water partition coefficient (Wildman–Crippen LogP) is 12.9. The lowest BCUT2D eigenvalue weighted by Crippen LogP contribution is -2.41. The molecule has 254 valence electrons. The zero-order chi connectivity index (χ0) is 31.0. The minimum atomic E-state index is 1.23. The Bertz CT molecular complexity index is 512. The van der Waals surface area contributed by atoms with E-state index in [1.54, 1.807) is 0 Å². The lowest BCUT2D eigenvalue weighted by molar-refractivity contribution is -0.891. The Kier molecular flexibility index (Phi) is 30.9. The highest BCUT2D eigenvalue weighted by Crippen LogP contribution is 2.16. The fourth-order valence-electron chi connectivity index (χ4n) is 6.77. The molecule has 0 aromatic rings. The van der Waals surface area contributed by atoms with Gasteiger partial charge in [-0.1, -0.05) is 155 Å². The van der Waals surface area contributed by atoms with E-state index in [4.69, 9.17) is 0 Å². The largest absolute Gasteiger partial charge is 0.328 e. The van der Waals surface area contributed by atoms with Crippen molar-refractivity contribution in [3.05, 3.63) is 0 Å². The molecule has 0 amide bonds. The van der Waals surface area contributed by atoms with Crippen LogP contribution in [0.4, 0.5) is 0 Å². The lowest BCUT2D eigenvalue weighted by Gasteiger charge is -2.31. The van der Waals surface area contributed by atoms with E-state index in [9.17, 15) is 0 Å². The summed E-state index contributed by atoms with van der Waals surface area (Å²) in [6.07, 6.45) is 43.5. The second-order valence-electron chi connectivity index (χ2n) is 15.7. The van der Waals surface area contributed by atoms with Gasteiger partial charge in [0.25, 0.3) is 0 Å². The van der Waals surface area contributed by atoms with Crippen molar-refractivity contribution in [2.24, 2.45) is 0 Å². The van der Waals surface area contributed by atoms with Gasteiger partial charge in [-0.15, -0.1) is 0 Å². The normalized spacial score (nSPS) is 12.4. The average molecular weight is 595 g/mol. The Labute approximate surface area is 269 Å². The van der Waals surface area contributed by atoms with E-state index in [0.29, 0.717) is 0 Å². The summed E-state index contributed by atoms with van der Waals surface area (Å²) in [5.74, 6) is 0. The third-order valence-electron chi connectivity index (χ3n) is 10.0. The quantitative estimate of drug-likeness (QED) is 0.0505. The molecule has 0 aliphatic carbocycles. The van der Waals surface area contributed by atoms with E-state index in [1.165, 1.54) is 228 Å². The van der Waals surface area contributed by atoms with Gasteiger partial charge < -0.3 is 8.97 Å². The van der Waals surface area contributed by atoms with Gasteiger partial charge in [0.2, 0.25) is 0 Å². The van der Waals surface area contributed by atoms with E-state index < -0.39 is 0 Å². The van der Waals surface area contributed by atoms with E-state index in [0.717, 1.165) is 0 Å². The number of nitrogens with zero attached hydrogens (tertiary/aromatic N) is 2. The lowest BCUT2D eigenvalue weighted by atomic mass is 10.0. The Hall–Kier alpha value is -0.0800. The first-order chi connectivity index (χ1) is 20.3. The van der Waals surface area contributed by atoms with Crippen LogP contribution < -0.4 is 0 Å². The average Bonchev–Trinajstić information content (AvgIpc) is 2.95. The van der Waals surface area contributed by atoms with Gasteiger partial charge in [0.15, 0.2) is 0 Å². The molecule has 0 aromatic carbocycles. The van der Waals surface area contributed by atoms with Crippen LogP contribution in [-0.4, -0.2) is 63.3 Å². The van der Waals surface area contributed by atoms with Crippen LogP contribution in [0.3, 0.4) is 0 Å². The first-order valence-electron chi connectivity index (χ1n) is 20.0. The van der Waals surface area contributed by atoms with Crippen LogP contribution in [0.5, 0.6) is 0 Å². The van der Waals surface area contributed by atoms with Crippen molar-refractivity contribution in [1.29, 1.82) is 0 Å². The molecule has 0 bridgehead atoms. The Morgan fingerprint density at radius 3 is 0.524 bits per heavy atom. The van der Waals surface area contributed by atoms with Crippen molar-refractivity contribution in [3.63, 3.8) is 0 Å². The van der Waals surface area contributed by atoms with Gasteiger partial charge in [-0.2, -0.15) is 0 Å². The van der Waals surface area contributed by atoms with E-state index in [1.807, 2.05) is 0 Å². The molecule has 0 heterocycles. The summed E-state index contributed by atoms with van der Waals surface area (Å²) in [6, 6.07) is 0. The maximum Gasteiger partial charge on any atom is 0.0782 e. The highest BCUT2D eigenvalue weighted by atomic mass is 15.3. The van der Waals surface area contributed by atoms with Crippen LogP contribution >= 0.6 is 0 Å². The standard InChI is InChI=1S/C40H86N2/c1-7-9-11-13-15-17-19-21-22-24-26-28-30-34-38-42(5,6)40-36-32-31-35-39-41(3,4)37-33-29-27-25-23-20-18-16-14-12-10-8-2/h7-40H2,1-6H3/q+2. The molecule has 0 N–H and O–H groups in total. The molecule has 2 heteroatoms. The Morgan fingerprint density at radius 2 is 0.357 bits per heavy atom. The zero-order valence-electron chi connectivity index (χ0n) is 30.9. The van der Waals surface area contributed by atoms with Crippen molar-refractivity contribution >= 4 is 0 Å². The first-order valence-corrected chi connectivity index (χ1v) is 20.0. The van der Waals surface area contributed by atoms with Crippen molar-refractivity contribution in [3.8, 4) is 0 Å². The summed E-state index contributed by atoms with van der Waals surface area (Å²) in [5.41, 5.74) is 0. The summed E-state index contributed by atoms with van der Waals surface area (Å²) in [6.45, 7) is 10.1. The predicted molar refractivity (Wildman–Crippen MR) is 194 cm³/mol. The third-order valence-corrected chi connectivity index (χ3v) is 10.0. The summed E-state index contributed by atoms with van der Waals surface area (Å²) in [7, 11) is 9.87. The number of unbranched alkanes of at least 4 members (excludes halogenated alkanes) is 27. The molecule has 2 nitrogen and oxygen atoms in total. The van der Waals surface area contributed by atoms with E-state index in [-0.39, 0.29) is 0 Å². The number of hydrogen-bond donors (Lipinski definition) is 0. The minimum absolute atomic E-state index is 1.23. The van der Waals surface area contributed by atoms with Crippen LogP contribution in [0.15, 0.2) is 0 Å². The maximum atomic E-state index is 2.47. The molecule has 0 rings (SSSR count). The molecular weight excluding hydrogens is 508 g/mol. The van der Waals surface area contributed by atoms with Crippen molar-refractivity contribution in [1.82, 2.24) is 0 Å². The maximum absolute atomic E-state index is 2.47. The third kappa shape index (κ3) is 32.8. The molecule has 0 atom stereocenters. The molecule has 0 fully saturated rings. The summed E-state index contributed by atoms with van der Waals surface area (Å²) < 4.78 is 2.47. The first kappa shape index (κ1) is 41.9. The smallest absolute Gasteiger partial charge is 0.0782 e. The molecular formula is C40H86N2+2. The summed E-state index contributed by atoms with van der Waals surface area (Å²) >= 11 is 0. The Balaban J connectivity index is 3.49. The van der Waals surface area contributed by atoms with Crippen molar-refractivity contribution < 1.29 is 8.97 Å². The number of quaternary nitrogens is 2. The van der Waals surface area contributed by atoms with Crippen LogP contribution in [0.25, 0.3) is 0 Å². The molecule has 0 radical (unpaired) electrons. The molecule has 0 saturated carbocycles. The van der Waals surface area contributed by atoms with Gasteiger partial charge in [0.1, 0.15) is 0 Å². The van der Waals surface area contributed by atoms with Gasteiger partial charge >= 0.3 is 0 Å². The van der Waals surface area contributed by atoms with Crippen LogP contribution in [0, 0.1) is 0 Å². The fraction of sp³-hybridized carbons (Fsp3) is 1.00. The Morgan fingerprint density at radius 1 is 0.214 bits per heavy atom. The van der Waals surface area contributed by atoms with Crippen molar-refractivity contribution in [2.75, 3.05) is 54.4 Å². The molecule has 0 spiro atoms. The second-order valence-corrected chi connectivity index (χ2v) is 15.7. The van der Waals surface area contributed by atoms with Crippen LogP contribution in [-0.2, 0) is 0 Å². The van der Waals surface area contributed by atoms with Crippen LogP contribution in [0.1, 0.15) is 206 Å².